The number of anilines is 1. The van der Waals surface area contributed by atoms with Crippen molar-refractivity contribution < 1.29 is 34.8 Å². The van der Waals surface area contributed by atoms with Gasteiger partial charge < -0.3 is 0 Å². The van der Waals surface area contributed by atoms with Crippen LogP contribution in [-0.2, 0) is 29.4 Å². The minimum absolute atomic E-state index is 0.107. The van der Waals surface area contributed by atoms with E-state index in [-0.39, 0.29) is 23.4 Å². The van der Waals surface area contributed by atoms with Gasteiger partial charge in [0.1, 0.15) is 0 Å². The van der Waals surface area contributed by atoms with Gasteiger partial charge in [0.05, 0.1) is 16.0 Å². The Kier molecular flexibility index (Phi) is 5.20. The highest BCUT2D eigenvalue weighted by Gasteiger charge is 2.38. The molecule has 1 aromatic carbocycles. The monoisotopic (exact) mass is 420 g/mol. The van der Waals surface area contributed by atoms with Crippen LogP contribution in [-0.4, -0.2) is 29.4 Å². The van der Waals surface area contributed by atoms with Gasteiger partial charge in [0, 0.05) is 7.05 Å². The molecule has 0 spiro atoms. The summed E-state index contributed by atoms with van der Waals surface area (Å²) in [4.78, 5) is 2.55. The average Bonchev–Trinajstić information content (AvgIpc) is 2.84. The number of benzene rings is 1. The van der Waals surface area contributed by atoms with Gasteiger partial charge in [-0.3, -0.25) is 0 Å². The molecule has 1 aromatic heterocycles. The SMILES string of the molecule is CSc1nc(NS(=O)(=O)c2cc(C(F)(F)F)cc(C(F)(F)F)c2)nn1C. The summed E-state index contributed by atoms with van der Waals surface area (Å²) in [6.07, 6.45) is -8.72. The lowest BCUT2D eigenvalue weighted by Gasteiger charge is -2.14. The lowest BCUT2D eigenvalue weighted by atomic mass is 10.1. The zero-order valence-electron chi connectivity index (χ0n) is 13.0. The maximum atomic E-state index is 12.8. The largest absolute Gasteiger partial charge is 0.416 e. The molecule has 0 bridgehead atoms. The van der Waals surface area contributed by atoms with Gasteiger partial charge in [-0.1, -0.05) is 11.8 Å². The van der Waals surface area contributed by atoms with Crippen LogP contribution in [0.3, 0.4) is 0 Å². The summed E-state index contributed by atoms with van der Waals surface area (Å²) >= 11 is 1.11. The maximum Gasteiger partial charge on any atom is 0.416 e. The summed E-state index contributed by atoms with van der Waals surface area (Å²) in [5, 5.41) is 3.96. The van der Waals surface area contributed by atoms with Crippen molar-refractivity contribution in [2.45, 2.75) is 22.4 Å². The van der Waals surface area contributed by atoms with Crippen molar-refractivity contribution in [2.24, 2.45) is 7.05 Å². The number of hydrogen-bond donors (Lipinski definition) is 1. The van der Waals surface area contributed by atoms with Crippen molar-refractivity contribution in [3.63, 3.8) is 0 Å². The Bertz CT molecular complexity index is 889. The molecule has 0 aliphatic carbocycles. The van der Waals surface area contributed by atoms with E-state index < -0.39 is 44.3 Å². The minimum Gasteiger partial charge on any atom is -0.246 e. The van der Waals surface area contributed by atoms with Gasteiger partial charge in [0.2, 0.25) is 0 Å². The number of thioether (sulfide) groups is 1. The Morgan fingerprint density at radius 3 is 1.92 bits per heavy atom. The minimum atomic E-state index is -5.17. The highest BCUT2D eigenvalue weighted by atomic mass is 32.2. The Morgan fingerprint density at radius 1 is 1.04 bits per heavy atom. The molecule has 0 radical (unpaired) electrons. The van der Waals surface area contributed by atoms with E-state index in [1.807, 2.05) is 0 Å². The van der Waals surface area contributed by atoms with Gasteiger partial charge in [-0.2, -0.15) is 31.3 Å². The van der Waals surface area contributed by atoms with Gasteiger partial charge >= 0.3 is 12.4 Å². The summed E-state index contributed by atoms with van der Waals surface area (Å²) in [6.45, 7) is 0. The van der Waals surface area contributed by atoms with Crippen molar-refractivity contribution in [2.75, 3.05) is 11.0 Å². The number of rotatable bonds is 4. The van der Waals surface area contributed by atoms with Crippen molar-refractivity contribution in [3.8, 4) is 0 Å². The van der Waals surface area contributed by atoms with Gasteiger partial charge in [-0.05, 0) is 24.5 Å². The summed E-state index contributed by atoms with van der Waals surface area (Å²) in [6, 6.07) is 0.0514. The van der Waals surface area contributed by atoms with Crippen LogP contribution in [0, 0.1) is 0 Å². The molecule has 0 aliphatic rings. The molecule has 0 saturated heterocycles. The van der Waals surface area contributed by atoms with E-state index in [0.29, 0.717) is 0 Å². The van der Waals surface area contributed by atoms with Crippen LogP contribution in [0.4, 0.5) is 32.3 Å². The van der Waals surface area contributed by atoms with Crippen molar-refractivity contribution in [3.05, 3.63) is 29.3 Å². The second kappa shape index (κ2) is 6.64. The van der Waals surface area contributed by atoms with Crippen molar-refractivity contribution >= 4 is 27.7 Å². The Labute approximate surface area is 147 Å². The number of sulfonamides is 1. The summed E-state index contributed by atoms with van der Waals surface area (Å²) in [5.41, 5.74) is -3.49. The molecule has 2 aromatic rings. The Balaban J connectivity index is 2.53. The number of aromatic nitrogens is 3. The van der Waals surface area contributed by atoms with E-state index in [1.54, 1.807) is 11.0 Å². The second-order valence-corrected chi connectivity index (χ2v) is 7.35. The Morgan fingerprint density at radius 2 is 1.54 bits per heavy atom. The van der Waals surface area contributed by atoms with Crippen LogP contribution >= 0.6 is 11.8 Å². The highest BCUT2D eigenvalue weighted by Crippen LogP contribution is 2.37. The van der Waals surface area contributed by atoms with E-state index in [9.17, 15) is 34.8 Å². The second-order valence-electron chi connectivity index (χ2n) is 4.89. The molecule has 0 unspecified atom stereocenters. The molecule has 144 valence electrons. The number of aryl methyl sites for hydroxylation is 1. The average molecular weight is 420 g/mol. The van der Waals surface area contributed by atoms with Crippen LogP contribution in [0.1, 0.15) is 11.1 Å². The molecule has 2 rings (SSSR count). The molecule has 0 fully saturated rings. The predicted molar refractivity (Wildman–Crippen MR) is 80.0 cm³/mol. The zero-order chi connectivity index (χ0) is 19.9. The first-order chi connectivity index (χ1) is 11.7. The third kappa shape index (κ3) is 4.41. The van der Waals surface area contributed by atoms with Crippen LogP contribution in [0.25, 0.3) is 0 Å². The number of alkyl halides is 6. The fourth-order valence-corrected chi connectivity index (χ4v) is 3.34. The van der Waals surface area contributed by atoms with Crippen LogP contribution in [0.15, 0.2) is 28.3 Å². The molecule has 1 heterocycles. The fourth-order valence-electron chi connectivity index (χ4n) is 1.85. The molecule has 0 atom stereocenters. The smallest absolute Gasteiger partial charge is 0.246 e. The molecule has 1 N–H and O–H groups in total. The van der Waals surface area contributed by atoms with Gasteiger partial charge in [-0.15, -0.1) is 5.10 Å². The van der Waals surface area contributed by atoms with E-state index in [0.717, 1.165) is 11.8 Å². The quantitative estimate of drug-likeness (QED) is 0.606. The van der Waals surface area contributed by atoms with Gasteiger partial charge in [0.15, 0.2) is 5.16 Å². The van der Waals surface area contributed by atoms with Gasteiger partial charge in [-0.25, -0.2) is 17.8 Å². The first-order valence-corrected chi connectivity index (χ1v) is 9.22. The molecule has 6 nitrogen and oxygen atoms in total. The fraction of sp³-hybridized carbons (Fsp3) is 0.333. The summed E-state index contributed by atoms with van der Waals surface area (Å²) in [7, 11) is -3.35. The lowest BCUT2D eigenvalue weighted by molar-refractivity contribution is -0.143. The number of halogens is 6. The van der Waals surface area contributed by atoms with Crippen molar-refractivity contribution in [1.82, 2.24) is 14.8 Å². The van der Waals surface area contributed by atoms with E-state index >= 15 is 0 Å². The summed E-state index contributed by atoms with van der Waals surface area (Å²) in [5.74, 6) is -0.483. The molecule has 0 saturated carbocycles. The molecule has 26 heavy (non-hydrogen) atoms. The van der Waals surface area contributed by atoms with E-state index in [2.05, 4.69) is 10.1 Å². The maximum absolute atomic E-state index is 12.8. The third-order valence-electron chi connectivity index (χ3n) is 3.00. The third-order valence-corrected chi connectivity index (χ3v) is 5.03. The van der Waals surface area contributed by atoms with E-state index in [4.69, 9.17) is 0 Å². The van der Waals surface area contributed by atoms with E-state index in [1.165, 1.54) is 11.7 Å². The van der Waals surface area contributed by atoms with Crippen LogP contribution in [0.5, 0.6) is 0 Å². The molecular formula is C12H10F6N4O2S2. The Hall–Kier alpha value is -1.96. The van der Waals surface area contributed by atoms with Crippen molar-refractivity contribution in [1.29, 1.82) is 0 Å². The lowest BCUT2D eigenvalue weighted by Crippen LogP contribution is -2.18. The first kappa shape index (κ1) is 20.4. The van der Waals surface area contributed by atoms with Crippen LogP contribution < -0.4 is 4.72 Å². The predicted octanol–water partition coefficient (Wildman–Crippen LogP) is 3.38. The summed E-state index contributed by atoms with van der Waals surface area (Å²) < 4.78 is 104. The first-order valence-electron chi connectivity index (χ1n) is 6.51. The van der Waals surface area contributed by atoms with Crippen LogP contribution in [0.2, 0.25) is 0 Å². The molecule has 14 heteroatoms. The molecule has 0 amide bonds. The molecule has 0 aliphatic heterocycles. The topological polar surface area (TPSA) is 76.9 Å². The standard InChI is InChI=1S/C12H10F6N4O2S2/c1-22-10(25-2)19-9(20-22)21-26(23,24)8-4-6(11(13,14)15)3-7(5-8)12(16,17)18/h3-5H,1-2H3,(H,20,21). The highest BCUT2D eigenvalue weighted by molar-refractivity contribution is 7.98. The zero-order valence-corrected chi connectivity index (χ0v) is 14.6. The normalized spacial score (nSPS) is 13.1. The molecular weight excluding hydrogens is 410 g/mol. The number of hydrogen-bond acceptors (Lipinski definition) is 5. The number of nitrogens with zero attached hydrogens (tertiary/aromatic N) is 3. The van der Waals surface area contributed by atoms with Gasteiger partial charge in [0.25, 0.3) is 16.0 Å². The number of nitrogens with one attached hydrogen (secondary N) is 1.